The summed E-state index contributed by atoms with van der Waals surface area (Å²) < 4.78 is 1.59. The van der Waals surface area contributed by atoms with E-state index >= 15 is 0 Å². The molecular weight excluding hydrogens is 180 g/mol. The number of aryl methyl sites for hydroxylation is 1. The molecular formula is C7H9ClN2O2. The summed E-state index contributed by atoms with van der Waals surface area (Å²) in [5.74, 6) is -1.20. The molecule has 12 heavy (non-hydrogen) atoms. The van der Waals surface area contributed by atoms with Gasteiger partial charge in [-0.15, -0.1) is 12.4 Å². The smallest absolute Gasteiger partial charge is 0.355 e. The zero-order valence-corrected chi connectivity index (χ0v) is 7.26. The highest BCUT2D eigenvalue weighted by Crippen LogP contribution is 2.00. The number of nitrogens with one attached hydrogen (secondary N) is 1. The molecule has 0 unspecified atom stereocenters. The fourth-order valence-corrected chi connectivity index (χ4v) is 0.830. The van der Waals surface area contributed by atoms with Crippen molar-refractivity contribution in [1.82, 2.24) is 4.57 Å². The van der Waals surface area contributed by atoms with Crippen molar-refractivity contribution in [3.63, 3.8) is 0 Å². The number of carboxylic acids is 1. The predicted octanol–water partition coefficient (Wildman–Crippen LogP) is 0.899. The lowest BCUT2D eigenvalue weighted by atomic mass is 10.3. The Hall–Kier alpha value is -1.29. The molecule has 0 spiro atoms. The number of nitrogens with zero attached hydrogens (tertiary/aromatic N) is 1. The standard InChI is InChI=1S/C7H8N2O2.ClH/c1-9-4-2-3-5(9)6(8)7(10)11;/h2-4,8H,1H3,(H,10,11);1H. The molecule has 2 N–H and O–H groups in total. The first-order chi connectivity index (χ1) is 5.13. The highest BCUT2D eigenvalue weighted by atomic mass is 35.5. The largest absolute Gasteiger partial charge is 0.476 e. The van der Waals surface area contributed by atoms with Gasteiger partial charge in [-0.3, -0.25) is 5.41 Å². The van der Waals surface area contributed by atoms with E-state index in [2.05, 4.69) is 0 Å². The van der Waals surface area contributed by atoms with Crippen molar-refractivity contribution in [3.05, 3.63) is 24.0 Å². The van der Waals surface area contributed by atoms with Gasteiger partial charge in [0.25, 0.3) is 0 Å². The van der Waals surface area contributed by atoms with Crippen molar-refractivity contribution in [2.45, 2.75) is 0 Å². The van der Waals surface area contributed by atoms with E-state index in [1.807, 2.05) is 0 Å². The second-order valence-electron chi connectivity index (χ2n) is 2.18. The van der Waals surface area contributed by atoms with Gasteiger partial charge in [0.2, 0.25) is 0 Å². The fourth-order valence-electron chi connectivity index (χ4n) is 0.830. The third kappa shape index (κ3) is 1.85. The summed E-state index contributed by atoms with van der Waals surface area (Å²) in [6, 6.07) is 3.29. The maximum atomic E-state index is 10.3. The van der Waals surface area contributed by atoms with Gasteiger partial charge in [-0.2, -0.15) is 0 Å². The average Bonchev–Trinajstić information content (AvgIpc) is 2.33. The molecule has 0 atom stereocenters. The molecule has 1 aromatic heterocycles. The van der Waals surface area contributed by atoms with Crippen LogP contribution in [0.4, 0.5) is 0 Å². The Bertz CT molecular complexity index is 306. The van der Waals surface area contributed by atoms with Crippen LogP contribution < -0.4 is 0 Å². The first-order valence-corrected chi connectivity index (χ1v) is 3.06. The first-order valence-electron chi connectivity index (χ1n) is 3.06. The van der Waals surface area contributed by atoms with E-state index in [4.69, 9.17) is 10.5 Å². The molecule has 66 valence electrons. The number of carboxylic acid groups (broad SMARTS) is 1. The van der Waals surface area contributed by atoms with E-state index in [-0.39, 0.29) is 18.1 Å². The van der Waals surface area contributed by atoms with Gasteiger partial charge in [0.05, 0.1) is 5.69 Å². The van der Waals surface area contributed by atoms with Gasteiger partial charge < -0.3 is 9.67 Å². The van der Waals surface area contributed by atoms with Crippen LogP contribution in [0.15, 0.2) is 18.3 Å². The number of carbonyl (C=O) groups is 1. The third-order valence-electron chi connectivity index (χ3n) is 1.41. The van der Waals surface area contributed by atoms with E-state index < -0.39 is 5.97 Å². The molecule has 0 aliphatic heterocycles. The minimum atomic E-state index is -1.20. The minimum Gasteiger partial charge on any atom is -0.476 e. The zero-order valence-electron chi connectivity index (χ0n) is 6.44. The Morgan fingerprint density at radius 2 is 2.25 bits per heavy atom. The Morgan fingerprint density at radius 3 is 2.58 bits per heavy atom. The molecule has 0 amide bonds. The van der Waals surface area contributed by atoms with Crippen molar-refractivity contribution < 1.29 is 9.90 Å². The molecule has 4 nitrogen and oxygen atoms in total. The molecule has 1 aromatic rings. The Kier molecular flexibility index (Phi) is 3.50. The summed E-state index contributed by atoms with van der Waals surface area (Å²) in [5.41, 5.74) is 0.0370. The van der Waals surface area contributed by atoms with Crippen molar-refractivity contribution in [2.24, 2.45) is 7.05 Å². The summed E-state index contributed by atoms with van der Waals surface area (Å²) >= 11 is 0. The number of halogens is 1. The molecule has 0 aliphatic rings. The van der Waals surface area contributed by atoms with E-state index in [9.17, 15) is 4.79 Å². The highest BCUT2D eigenvalue weighted by molar-refractivity contribution is 6.40. The van der Waals surface area contributed by atoms with Crippen LogP contribution >= 0.6 is 12.4 Å². The Labute approximate surface area is 75.7 Å². The van der Waals surface area contributed by atoms with Crippen molar-refractivity contribution in [1.29, 1.82) is 5.41 Å². The van der Waals surface area contributed by atoms with Crippen molar-refractivity contribution in [3.8, 4) is 0 Å². The molecule has 5 heteroatoms. The van der Waals surface area contributed by atoms with Crippen LogP contribution in [0.5, 0.6) is 0 Å². The minimum absolute atomic E-state index is 0. The number of hydrogen-bond donors (Lipinski definition) is 2. The molecule has 0 fully saturated rings. The van der Waals surface area contributed by atoms with Crippen LogP contribution in [0.1, 0.15) is 5.69 Å². The van der Waals surface area contributed by atoms with E-state index in [0.717, 1.165) is 0 Å². The Balaban J connectivity index is 0.00000121. The average molecular weight is 189 g/mol. The van der Waals surface area contributed by atoms with Crippen LogP contribution in [0, 0.1) is 5.41 Å². The molecule has 1 heterocycles. The summed E-state index contributed by atoms with van der Waals surface area (Å²) in [4.78, 5) is 10.3. The first kappa shape index (κ1) is 10.7. The molecule has 0 saturated heterocycles. The Morgan fingerprint density at radius 1 is 1.67 bits per heavy atom. The summed E-state index contributed by atoms with van der Waals surface area (Å²) in [7, 11) is 1.70. The SMILES string of the molecule is Cl.Cn1cccc1C(=N)C(=O)O. The topological polar surface area (TPSA) is 66.1 Å². The number of hydrogen-bond acceptors (Lipinski definition) is 2. The summed E-state index contributed by atoms with van der Waals surface area (Å²) in [5, 5.41) is 15.6. The second kappa shape index (κ2) is 3.92. The van der Waals surface area contributed by atoms with Gasteiger partial charge in [-0.05, 0) is 12.1 Å². The third-order valence-corrected chi connectivity index (χ3v) is 1.41. The molecule has 1 rings (SSSR count). The lowest BCUT2D eigenvalue weighted by Gasteiger charge is -1.98. The van der Waals surface area contributed by atoms with E-state index in [0.29, 0.717) is 5.69 Å². The number of aliphatic carboxylic acids is 1. The van der Waals surface area contributed by atoms with Crippen molar-refractivity contribution >= 4 is 24.1 Å². The monoisotopic (exact) mass is 188 g/mol. The van der Waals surface area contributed by atoms with E-state index in [1.165, 1.54) is 0 Å². The van der Waals surface area contributed by atoms with Gasteiger partial charge in [0.15, 0.2) is 5.71 Å². The van der Waals surface area contributed by atoms with Crippen molar-refractivity contribution in [2.75, 3.05) is 0 Å². The predicted molar refractivity (Wildman–Crippen MR) is 47.1 cm³/mol. The maximum Gasteiger partial charge on any atom is 0.355 e. The molecule has 0 bridgehead atoms. The maximum absolute atomic E-state index is 10.3. The van der Waals surface area contributed by atoms with Gasteiger partial charge in [0.1, 0.15) is 0 Å². The molecule has 0 saturated carbocycles. The normalized spacial score (nSPS) is 8.75. The van der Waals surface area contributed by atoms with Crippen LogP contribution in [-0.2, 0) is 11.8 Å². The van der Waals surface area contributed by atoms with Gasteiger partial charge in [-0.1, -0.05) is 0 Å². The van der Waals surface area contributed by atoms with E-state index in [1.54, 1.807) is 29.9 Å². The number of rotatable bonds is 2. The van der Waals surface area contributed by atoms with Gasteiger partial charge >= 0.3 is 5.97 Å². The fraction of sp³-hybridized carbons (Fsp3) is 0.143. The van der Waals surface area contributed by atoms with Crippen LogP contribution in [0.3, 0.4) is 0 Å². The van der Waals surface area contributed by atoms with Crippen LogP contribution in [-0.4, -0.2) is 21.4 Å². The zero-order chi connectivity index (χ0) is 8.43. The molecule has 0 aromatic carbocycles. The lowest BCUT2D eigenvalue weighted by molar-refractivity contribution is -0.129. The molecule has 0 aliphatic carbocycles. The summed E-state index contributed by atoms with van der Waals surface area (Å²) in [6.45, 7) is 0. The lowest BCUT2D eigenvalue weighted by Crippen LogP contribution is -2.15. The van der Waals surface area contributed by atoms with Gasteiger partial charge in [-0.25, -0.2) is 4.79 Å². The van der Waals surface area contributed by atoms with Gasteiger partial charge in [0, 0.05) is 13.2 Å². The summed E-state index contributed by atoms with van der Waals surface area (Å²) in [6.07, 6.45) is 1.70. The highest BCUT2D eigenvalue weighted by Gasteiger charge is 2.11. The number of aromatic nitrogens is 1. The quantitative estimate of drug-likeness (QED) is 0.678. The van der Waals surface area contributed by atoms with Crippen LogP contribution in [0.25, 0.3) is 0 Å². The van der Waals surface area contributed by atoms with Crippen LogP contribution in [0.2, 0.25) is 0 Å². The molecule has 0 radical (unpaired) electrons. The second-order valence-corrected chi connectivity index (χ2v) is 2.18.